The Balaban J connectivity index is 1.88. The van der Waals surface area contributed by atoms with Gasteiger partial charge in [0.2, 0.25) is 0 Å². The molecule has 0 bridgehead atoms. The zero-order chi connectivity index (χ0) is 23.1. The first-order valence-electron chi connectivity index (χ1n) is 12.0. The van der Waals surface area contributed by atoms with Crippen molar-refractivity contribution >= 4 is 23.1 Å². The number of carbonyl (C=O) groups is 1. The van der Waals surface area contributed by atoms with E-state index in [1.54, 1.807) is 0 Å². The van der Waals surface area contributed by atoms with Crippen LogP contribution < -0.4 is 15.0 Å². The van der Waals surface area contributed by atoms with E-state index in [1.165, 1.54) is 11.3 Å². The molecule has 3 rings (SSSR count). The van der Waals surface area contributed by atoms with E-state index in [-0.39, 0.29) is 5.78 Å². The number of unbranched alkanes of at least 4 members (excludes halogenated alkanes) is 1. The van der Waals surface area contributed by atoms with Crippen molar-refractivity contribution in [3.05, 3.63) is 58.7 Å². The molecule has 1 N–H and O–H groups in total. The molecule has 4 heteroatoms. The molecule has 1 aliphatic heterocycles. The molecule has 0 unspecified atom stereocenters. The minimum absolute atomic E-state index is 0.156. The summed E-state index contributed by atoms with van der Waals surface area (Å²) < 4.78 is 5.90. The van der Waals surface area contributed by atoms with Crippen LogP contribution >= 0.6 is 0 Å². The molecule has 0 spiro atoms. The van der Waals surface area contributed by atoms with Crippen LogP contribution in [0.4, 0.5) is 5.69 Å². The molecule has 32 heavy (non-hydrogen) atoms. The predicted octanol–water partition coefficient (Wildman–Crippen LogP) is 5.80. The lowest BCUT2D eigenvalue weighted by molar-refractivity contribution is -0.113. The summed E-state index contributed by atoms with van der Waals surface area (Å²) in [6, 6.07) is 13.2. The Morgan fingerprint density at radius 2 is 1.97 bits per heavy atom. The van der Waals surface area contributed by atoms with E-state index in [0.29, 0.717) is 12.5 Å². The number of carbonyl (C=O) groups excluding carboxylic acids is 1. The highest BCUT2D eigenvalue weighted by Gasteiger charge is 2.17. The number of Topliss-reactive ketones (excluding diaryl/α,β-unsaturated/α-hetero) is 1. The summed E-state index contributed by atoms with van der Waals surface area (Å²) in [5, 5.41) is 3.50. The van der Waals surface area contributed by atoms with Crippen LogP contribution in [0.2, 0.25) is 0 Å². The van der Waals surface area contributed by atoms with E-state index in [9.17, 15) is 4.79 Å². The number of ether oxygens (including phenoxy) is 1. The fourth-order valence-corrected chi connectivity index (χ4v) is 4.16. The van der Waals surface area contributed by atoms with E-state index in [1.807, 2.05) is 26.0 Å². The molecular formula is C28H38N2O2. The van der Waals surface area contributed by atoms with Gasteiger partial charge in [0.1, 0.15) is 5.75 Å². The minimum Gasteiger partial charge on any atom is -0.493 e. The average molecular weight is 435 g/mol. The number of allylic oxidation sites excluding steroid dienone is 1. The number of piperazine rings is 1. The Hall–Kier alpha value is -2.59. The van der Waals surface area contributed by atoms with Gasteiger partial charge in [-0.2, -0.15) is 0 Å². The van der Waals surface area contributed by atoms with E-state index in [0.717, 1.165) is 67.1 Å². The third-order valence-electron chi connectivity index (χ3n) is 6.15. The van der Waals surface area contributed by atoms with Crippen molar-refractivity contribution in [1.82, 2.24) is 5.32 Å². The van der Waals surface area contributed by atoms with Crippen molar-refractivity contribution in [3.8, 4) is 5.75 Å². The molecule has 172 valence electrons. The van der Waals surface area contributed by atoms with E-state index in [2.05, 4.69) is 61.3 Å². The van der Waals surface area contributed by atoms with Gasteiger partial charge in [-0.1, -0.05) is 32.4 Å². The number of rotatable bonds is 9. The topological polar surface area (TPSA) is 41.6 Å². The lowest BCUT2D eigenvalue weighted by Gasteiger charge is -2.34. The number of aryl methyl sites for hydroxylation is 2. The average Bonchev–Trinajstić information content (AvgIpc) is 2.79. The van der Waals surface area contributed by atoms with Gasteiger partial charge >= 0.3 is 0 Å². The molecular weight excluding hydrogens is 396 g/mol. The third kappa shape index (κ3) is 6.01. The largest absolute Gasteiger partial charge is 0.493 e. The minimum atomic E-state index is 0.156. The van der Waals surface area contributed by atoms with Crippen LogP contribution in [0.15, 0.2) is 36.4 Å². The number of hydrogen-bond donors (Lipinski definition) is 1. The SMILES string of the molecule is CCCCOc1ccc(/C(=C/c2ccc(N3CCN[C@@H](C)C3)cc2C)C(=O)CC)cc1C. The van der Waals surface area contributed by atoms with Crippen molar-refractivity contribution in [2.45, 2.75) is 59.9 Å². The van der Waals surface area contributed by atoms with Crippen LogP contribution in [0.5, 0.6) is 5.75 Å². The molecule has 4 nitrogen and oxygen atoms in total. The highest BCUT2D eigenvalue weighted by atomic mass is 16.5. The van der Waals surface area contributed by atoms with Crippen molar-refractivity contribution in [2.24, 2.45) is 0 Å². The van der Waals surface area contributed by atoms with Gasteiger partial charge in [0, 0.05) is 43.4 Å². The molecule has 0 saturated carbocycles. The lowest BCUT2D eigenvalue weighted by atomic mass is 9.94. The molecule has 1 atom stereocenters. The van der Waals surface area contributed by atoms with Gasteiger partial charge in [0.05, 0.1) is 6.61 Å². The van der Waals surface area contributed by atoms with Crippen LogP contribution in [0.1, 0.15) is 62.3 Å². The van der Waals surface area contributed by atoms with Gasteiger partial charge < -0.3 is 15.0 Å². The first kappa shape index (κ1) is 24.1. The Morgan fingerprint density at radius 1 is 1.16 bits per heavy atom. The first-order valence-corrected chi connectivity index (χ1v) is 12.0. The van der Waals surface area contributed by atoms with Gasteiger partial charge in [-0.25, -0.2) is 0 Å². The molecule has 0 aliphatic carbocycles. The lowest BCUT2D eigenvalue weighted by Crippen LogP contribution is -2.49. The maximum atomic E-state index is 12.9. The summed E-state index contributed by atoms with van der Waals surface area (Å²) >= 11 is 0. The number of nitrogens with one attached hydrogen (secondary N) is 1. The summed E-state index contributed by atoms with van der Waals surface area (Å²) in [5.41, 5.74) is 6.31. The maximum Gasteiger partial charge on any atom is 0.163 e. The smallest absolute Gasteiger partial charge is 0.163 e. The second-order valence-corrected chi connectivity index (χ2v) is 8.86. The number of ketones is 1. The number of nitrogens with zero attached hydrogens (tertiary/aromatic N) is 1. The monoisotopic (exact) mass is 434 g/mol. The maximum absolute atomic E-state index is 12.9. The molecule has 1 saturated heterocycles. The molecule has 1 fully saturated rings. The molecule has 0 radical (unpaired) electrons. The quantitative estimate of drug-likeness (QED) is 0.308. The van der Waals surface area contributed by atoms with Gasteiger partial charge in [-0.15, -0.1) is 0 Å². The zero-order valence-electron chi connectivity index (χ0n) is 20.3. The summed E-state index contributed by atoms with van der Waals surface area (Å²) in [6.45, 7) is 14.3. The first-order chi connectivity index (χ1) is 15.4. The van der Waals surface area contributed by atoms with Gasteiger partial charge in [-0.05, 0) is 79.8 Å². The summed E-state index contributed by atoms with van der Waals surface area (Å²) in [6.07, 6.45) is 4.69. The summed E-state index contributed by atoms with van der Waals surface area (Å²) in [4.78, 5) is 15.3. The molecule has 0 aromatic heterocycles. The van der Waals surface area contributed by atoms with Crippen LogP contribution in [0, 0.1) is 13.8 Å². The summed E-state index contributed by atoms with van der Waals surface area (Å²) in [5.74, 6) is 1.06. The Morgan fingerprint density at radius 3 is 2.62 bits per heavy atom. The van der Waals surface area contributed by atoms with Crippen molar-refractivity contribution in [3.63, 3.8) is 0 Å². The van der Waals surface area contributed by atoms with Crippen molar-refractivity contribution in [1.29, 1.82) is 0 Å². The number of hydrogen-bond acceptors (Lipinski definition) is 4. The normalized spacial score (nSPS) is 16.8. The highest BCUT2D eigenvalue weighted by molar-refractivity contribution is 6.25. The third-order valence-corrected chi connectivity index (χ3v) is 6.15. The summed E-state index contributed by atoms with van der Waals surface area (Å²) in [7, 11) is 0. The van der Waals surface area contributed by atoms with Crippen molar-refractivity contribution < 1.29 is 9.53 Å². The van der Waals surface area contributed by atoms with Crippen LogP contribution in [-0.4, -0.2) is 38.1 Å². The van der Waals surface area contributed by atoms with Crippen LogP contribution in [0.25, 0.3) is 11.6 Å². The second kappa shape index (κ2) is 11.3. The molecule has 1 heterocycles. The zero-order valence-corrected chi connectivity index (χ0v) is 20.3. The van der Waals surface area contributed by atoms with Crippen LogP contribution in [0.3, 0.4) is 0 Å². The Labute approximate surface area is 193 Å². The fraction of sp³-hybridized carbons (Fsp3) is 0.464. The predicted molar refractivity (Wildman–Crippen MR) is 136 cm³/mol. The fourth-order valence-electron chi connectivity index (χ4n) is 4.16. The molecule has 1 aliphatic rings. The van der Waals surface area contributed by atoms with Gasteiger partial charge in [0.25, 0.3) is 0 Å². The number of benzene rings is 2. The Kier molecular flexibility index (Phi) is 8.52. The van der Waals surface area contributed by atoms with E-state index < -0.39 is 0 Å². The standard InChI is InChI=1S/C28H38N2O2/c1-6-8-15-32-28-12-10-24(16-21(28)4)26(27(31)7-2)18-23-9-11-25(17-20(23)3)30-14-13-29-22(5)19-30/h9-12,16-18,22,29H,6-8,13-15,19H2,1-5H3/b26-18-/t22-/m0/s1. The van der Waals surface area contributed by atoms with Crippen LogP contribution in [-0.2, 0) is 4.79 Å². The van der Waals surface area contributed by atoms with Gasteiger partial charge in [-0.3, -0.25) is 4.79 Å². The molecule has 2 aromatic rings. The van der Waals surface area contributed by atoms with E-state index in [4.69, 9.17) is 4.74 Å². The molecule has 0 amide bonds. The Bertz CT molecular complexity index is 964. The highest BCUT2D eigenvalue weighted by Crippen LogP contribution is 2.29. The second-order valence-electron chi connectivity index (χ2n) is 8.86. The molecule has 2 aromatic carbocycles. The van der Waals surface area contributed by atoms with Crippen molar-refractivity contribution in [2.75, 3.05) is 31.1 Å². The van der Waals surface area contributed by atoms with E-state index >= 15 is 0 Å². The van der Waals surface area contributed by atoms with Gasteiger partial charge in [0.15, 0.2) is 5.78 Å². The number of anilines is 1.